The van der Waals surface area contributed by atoms with E-state index in [2.05, 4.69) is 5.32 Å². The molecule has 94 valence electrons. The zero-order chi connectivity index (χ0) is 11.3. The van der Waals surface area contributed by atoms with E-state index >= 15 is 0 Å². The fourth-order valence-corrected chi connectivity index (χ4v) is 1.62. The fraction of sp³-hybridized carbons (Fsp3) is 0.800. The predicted molar refractivity (Wildman–Crippen MR) is 64.3 cm³/mol. The van der Waals surface area contributed by atoms with E-state index in [4.69, 9.17) is 5.73 Å². The molecule has 1 rings (SSSR count). The summed E-state index contributed by atoms with van der Waals surface area (Å²) in [6.45, 7) is 3.36. The van der Waals surface area contributed by atoms with Crippen molar-refractivity contribution in [3.05, 3.63) is 0 Å². The molecular weight excluding hydrogens is 230 g/mol. The van der Waals surface area contributed by atoms with E-state index < -0.39 is 0 Å². The summed E-state index contributed by atoms with van der Waals surface area (Å²) >= 11 is 0. The van der Waals surface area contributed by atoms with Crippen molar-refractivity contribution < 1.29 is 9.59 Å². The van der Waals surface area contributed by atoms with E-state index in [0.29, 0.717) is 19.5 Å². The molecular formula is C10H20ClN3O2. The maximum absolute atomic E-state index is 11.6. The first-order valence-corrected chi connectivity index (χ1v) is 5.43. The zero-order valence-corrected chi connectivity index (χ0v) is 10.4. The third kappa shape index (κ3) is 4.81. The number of nitrogens with two attached hydrogens (primary N) is 1. The number of carbonyl (C=O) groups excluding carboxylic acids is 2. The van der Waals surface area contributed by atoms with Crippen LogP contribution in [0.1, 0.15) is 26.2 Å². The predicted octanol–water partition coefficient (Wildman–Crippen LogP) is -0.116. The molecule has 0 aromatic carbocycles. The molecule has 1 heterocycles. The van der Waals surface area contributed by atoms with Gasteiger partial charge in [0.15, 0.2) is 0 Å². The Morgan fingerprint density at radius 2 is 2.19 bits per heavy atom. The summed E-state index contributed by atoms with van der Waals surface area (Å²) in [5.41, 5.74) is 5.69. The maximum Gasteiger partial charge on any atom is 0.242 e. The molecule has 0 saturated carbocycles. The number of likely N-dealkylation sites (tertiary alicyclic amines) is 1. The van der Waals surface area contributed by atoms with Gasteiger partial charge < -0.3 is 16.0 Å². The summed E-state index contributed by atoms with van der Waals surface area (Å²) in [5, 5.41) is 2.60. The molecule has 0 aliphatic carbocycles. The summed E-state index contributed by atoms with van der Waals surface area (Å²) in [6.07, 6.45) is 2.13. The number of halogens is 1. The molecule has 0 spiro atoms. The van der Waals surface area contributed by atoms with Crippen LogP contribution in [-0.2, 0) is 9.59 Å². The molecule has 0 bridgehead atoms. The molecule has 6 heteroatoms. The van der Waals surface area contributed by atoms with Crippen LogP contribution >= 0.6 is 12.4 Å². The minimum absolute atomic E-state index is 0. The molecule has 1 saturated heterocycles. The molecule has 0 aromatic rings. The van der Waals surface area contributed by atoms with Crippen molar-refractivity contribution in [1.82, 2.24) is 10.2 Å². The first-order valence-electron chi connectivity index (χ1n) is 5.43. The molecule has 3 N–H and O–H groups in total. The Labute approximate surface area is 102 Å². The Morgan fingerprint density at radius 3 is 2.69 bits per heavy atom. The first kappa shape index (κ1) is 15.2. The third-order valence-corrected chi connectivity index (χ3v) is 2.49. The average molecular weight is 250 g/mol. The highest BCUT2D eigenvalue weighted by molar-refractivity contribution is 5.85. The van der Waals surface area contributed by atoms with Crippen molar-refractivity contribution in [2.45, 2.75) is 32.2 Å². The van der Waals surface area contributed by atoms with Crippen LogP contribution in [0.4, 0.5) is 0 Å². The van der Waals surface area contributed by atoms with E-state index in [1.54, 1.807) is 4.90 Å². The molecule has 1 aliphatic rings. The van der Waals surface area contributed by atoms with Gasteiger partial charge in [-0.3, -0.25) is 9.59 Å². The van der Waals surface area contributed by atoms with Gasteiger partial charge in [-0.05, 0) is 12.8 Å². The molecule has 1 aliphatic heterocycles. The summed E-state index contributed by atoms with van der Waals surface area (Å²) in [4.78, 5) is 24.4. The van der Waals surface area contributed by atoms with Crippen LogP contribution in [0, 0.1) is 0 Å². The summed E-state index contributed by atoms with van der Waals surface area (Å²) in [5.74, 6) is -0.0956. The van der Waals surface area contributed by atoms with Crippen molar-refractivity contribution in [3.63, 3.8) is 0 Å². The quantitative estimate of drug-likeness (QED) is 0.730. The van der Waals surface area contributed by atoms with Crippen LogP contribution in [0.2, 0.25) is 0 Å². The van der Waals surface area contributed by atoms with Gasteiger partial charge in [0.05, 0.1) is 6.54 Å². The largest absolute Gasteiger partial charge is 0.347 e. The summed E-state index contributed by atoms with van der Waals surface area (Å²) < 4.78 is 0. The third-order valence-electron chi connectivity index (χ3n) is 2.49. The standard InChI is InChI=1S/C10H19N3O2.ClH/c1-2-3-9(14)12-6-10(15)13-5-4-8(11)7-13;/h8H,2-7,11H2,1H3,(H,12,14);1H. The Balaban J connectivity index is 0.00000225. The topological polar surface area (TPSA) is 75.4 Å². The summed E-state index contributed by atoms with van der Waals surface area (Å²) in [6, 6.07) is 0.0975. The number of amides is 2. The van der Waals surface area contributed by atoms with Crippen LogP contribution in [0.3, 0.4) is 0 Å². The number of nitrogens with one attached hydrogen (secondary N) is 1. The van der Waals surface area contributed by atoms with Gasteiger partial charge in [0.1, 0.15) is 0 Å². The van der Waals surface area contributed by atoms with Gasteiger partial charge in [0, 0.05) is 25.6 Å². The lowest BCUT2D eigenvalue weighted by Gasteiger charge is -2.15. The molecule has 1 atom stereocenters. The normalized spacial score (nSPS) is 19.1. The zero-order valence-electron chi connectivity index (χ0n) is 9.57. The fourth-order valence-electron chi connectivity index (χ4n) is 1.62. The van der Waals surface area contributed by atoms with Gasteiger partial charge in [0.2, 0.25) is 11.8 Å². The van der Waals surface area contributed by atoms with Crippen molar-refractivity contribution in [3.8, 4) is 0 Å². The van der Waals surface area contributed by atoms with Crippen LogP contribution < -0.4 is 11.1 Å². The Bertz CT molecular complexity index is 248. The molecule has 2 amide bonds. The minimum Gasteiger partial charge on any atom is -0.347 e. The lowest BCUT2D eigenvalue weighted by Crippen LogP contribution is -2.40. The Morgan fingerprint density at radius 1 is 1.50 bits per heavy atom. The minimum atomic E-state index is -0.0608. The van der Waals surface area contributed by atoms with Gasteiger partial charge in [-0.2, -0.15) is 0 Å². The molecule has 1 fully saturated rings. The van der Waals surface area contributed by atoms with Gasteiger partial charge in [-0.25, -0.2) is 0 Å². The number of nitrogens with zero attached hydrogens (tertiary/aromatic N) is 1. The van der Waals surface area contributed by atoms with E-state index in [0.717, 1.165) is 12.8 Å². The summed E-state index contributed by atoms with van der Waals surface area (Å²) in [7, 11) is 0. The highest BCUT2D eigenvalue weighted by Crippen LogP contribution is 2.06. The number of hydrogen-bond donors (Lipinski definition) is 2. The van der Waals surface area contributed by atoms with Crippen LogP contribution in [0.15, 0.2) is 0 Å². The highest BCUT2D eigenvalue weighted by atomic mass is 35.5. The number of carbonyl (C=O) groups is 2. The van der Waals surface area contributed by atoms with E-state index in [1.807, 2.05) is 6.92 Å². The van der Waals surface area contributed by atoms with Crippen molar-refractivity contribution >= 4 is 24.2 Å². The molecule has 16 heavy (non-hydrogen) atoms. The second kappa shape index (κ2) is 7.46. The molecule has 1 unspecified atom stereocenters. The van der Waals surface area contributed by atoms with Crippen molar-refractivity contribution in [2.24, 2.45) is 5.73 Å². The Kier molecular flexibility index (Phi) is 7.08. The van der Waals surface area contributed by atoms with Crippen molar-refractivity contribution in [1.29, 1.82) is 0 Å². The van der Waals surface area contributed by atoms with Crippen molar-refractivity contribution in [2.75, 3.05) is 19.6 Å². The SMILES string of the molecule is CCCC(=O)NCC(=O)N1CCC(N)C1.Cl. The van der Waals surface area contributed by atoms with Crippen LogP contribution in [0.25, 0.3) is 0 Å². The van der Waals surface area contributed by atoms with Crippen LogP contribution in [0.5, 0.6) is 0 Å². The molecule has 5 nitrogen and oxygen atoms in total. The van der Waals surface area contributed by atoms with E-state index in [1.165, 1.54) is 0 Å². The number of hydrogen-bond acceptors (Lipinski definition) is 3. The van der Waals surface area contributed by atoms with Gasteiger partial charge >= 0.3 is 0 Å². The van der Waals surface area contributed by atoms with E-state index in [9.17, 15) is 9.59 Å². The van der Waals surface area contributed by atoms with E-state index in [-0.39, 0.29) is 36.8 Å². The lowest BCUT2D eigenvalue weighted by atomic mass is 10.3. The van der Waals surface area contributed by atoms with Gasteiger partial charge in [-0.15, -0.1) is 12.4 Å². The smallest absolute Gasteiger partial charge is 0.242 e. The molecule has 0 radical (unpaired) electrons. The Hall–Kier alpha value is -0.810. The maximum atomic E-state index is 11.6. The highest BCUT2D eigenvalue weighted by Gasteiger charge is 2.23. The van der Waals surface area contributed by atoms with Gasteiger partial charge in [-0.1, -0.05) is 6.92 Å². The second-order valence-corrected chi connectivity index (χ2v) is 3.92. The van der Waals surface area contributed by atoms with Gasteiger partial charge in [0.25, 0.3) is 0 Å². The lowest BCUT2D eigenvalue weighted by molar-refractivity contribution is -0.132. The molecule has 0 aromatic heterocycles. The first-order chi connectivity index (χ1) is 7.13. The average Bonchev–Trinajstić information content (AvgIpc) is 2.62. The monoisotopic (exact) mass is 249 g/mol. The number of rotatable bonds is 4. The van der Waals surface area contributed by atoms with Crippen LogP contribution in [-0.4, -0.2) is 42.4 Å². The second-order valence-electron chi connectivity index (χ2n) is 3.92.